The predicted molar refractivity (Wildman–Crippen MR) is 52.1 cm³/mol. The van der Waals surface area contributed by atoms with E-state index in [4.69, 9.17) is 0 Å². The second-order valence-corrected chi connectivity index (χ2v) is 4.90. The van der Waals surface area contributed by atoms with Crippen LogP contribution in [0.1, 0.15) is 39.5 Å². The largest absolute Gasteiger partial charge is 0.313 e. The molecule has 2 saturated carbocycles. The van der Waals surface area contributed by atoms with E-state index in [1.165, 1.54) is 32.2 Å². The maximum absolute atomic E-state index is 3.72. The molecule has 0 aromatic rings. The highest BCUT2D eigenvalue weighted by atomic mass is 14.9. The van der Waals surface area contributed by atoms with Gasteiger partial charge < -0.3 is 5.32 Å². The first-order valence-corrected chi connectivity index (χ1v) is 5.50. The Morgan fingerprint density at radius 3 is 2.42 bits per heavy atom. The molecule has 1 nitrogen and oxygen atoms in total. The fraction of sp³-hybridized carbons (Fsp3) is 1.00. The fourth-order valence-corrected chi connectivity index (χ4v) is 2.43. The molecule has 0 spiro atoms. The summed E-state index contributed by atoms with van der Waals surface area (Å²) in [5, 5.41) is 3.72. The third-order valence-corrected chi connectivity index (χ3v) is 3.78. The highest BCUT2D eigenvalue weighted by molar-refractivity contribution is 4.87. The maximum Gasteiger partial charge on any atom is 0.00928 e. The van der Waals surface area contributed by atoms with E-state index in [0.29, 0.717) is 0 Å². The first kappa shape index (κ1) is 8.55. The lowest BCUT2D eigenvalue weighted by molar-refractivity contribution is 0.415. The van der Waals surface area contributed by atoms with Gasteiger partial charge in [0.15, 0.2) is 0 Å². The Balaban J connectivity index is 1.65. The van der Waals surface area contributed by atoms with Gasteiger partial charge in [-0.2, -0.15) is 0 Å². The summed E-state index contributed by atoms with van der Waals surface area (Å²) in [5.41, 5.74) is 0. The summed E-state index contributed by atoms with van der Waals surface area (Å²) in [6.07, 6.45) is 5.77. The van der Waals surface area contributed by atoms with E-state index in [1.54, 1.807) is 0 Å². The van der Waals surface area contributed by atoms with Gasteiger partial charge in [-0.25, -0.2) is 0 Å². The zero-order valence-electron chi connectivity index (χ0n) is 8.34. The molecule has 70 valence electrons. The van der Waals surface area contributed by atoms with E-state index in [9.17, 15) is 0 Å². The summed E-state index contributed by atoms with van der Waals surface area (Å²) in [5.74, 6) is 2.95. The van der Waals surface area contributed by atoms with Crippen LogP contribution in [0.4, 0.5) is 0 Å². The molecule has 0 aliphatic heterocycles. The molecule has 0 amide bonds. The Kier molecular flexibility index (Phi) is 2.40. The van der Waals surface area contributed by atoms with Gasteiger partial charge in [0.25, 0.3) is 0 Å². The van der Waals surface area contributed by atoms with Gasteiger partial charge in [0.1, 0.15) is 0 Å². The average molecular weight is 167 g/mol. The van der Waals surface area contributed by atoms with Crippen LogP contribution in [0.15, 0.2) is 0 Å². The quantitative estimate of drug-likeness (QED) is 0.680. The van der Waals surface area contributed by atoms with Gasteiger partial charge in [0, 0.05) is 6.04 Å². The lowest BCUT2D eigenvalue weighted by Gasteiger charge is -2.16. The lowest BCUT2D eigenvalue weighted by Crippen LogP contribution is -2.32. The van der Waals surface area contributed by atoms with Crippen molar-refractivity contribution in [3.63, 3.8) is 0 Å². The summed E-state index contributed by atoms with van der Waals surface area (Å²) < 4.78 is 0. The van der Waals surface area contributed by atoms with Gasteiger partial charge in [0.2, 0.25) is 0 Å². The van der Waals surface area contributed by atoms with E-state index < -0.39 is 0 Å². The summed E-state index contributed by atoms with van der Waals surface area (Å²) in [7, 11) is 0. The lowest BCUT2D eigenvalue weighted by atomic mass is 10.1. The van der Waals surface area contributed by atoms with Gasteiger partial charge in [-0.3, -0.25) is 0 Å². The van der Waals surface area contributed by atoms with Crippen LogP contribution < -0.4 is 5.32 Å². The third kappa shape index (κ3) is 1.82. The van der Waals surface area contributed by atoms with Crippen molar-refractivity contribution in [1.82, 2.24) is 5.32 Å². The van der Waals surface area contributed by atoms with E-state index in [1.807, 2.05) is 0 Å². The minimum atomic E-state index is 0.845. The topological polar surface area (TPSA) is 12.0 Å². The maximum atomic E-state index is 3.72. The zero-order chi connectivity index (χ0) is 8.55. The average Bonchev–Trinajstić information content (AvgIpc) is 2.57. The molecule has 1 heteroatoms. The highest BCUT2D eigenvalue weighted by Gasteiger charge is 2.33. The van der Waals surface area contributed by atoms with Crippen molar-refractivity contribution in [2.24, 2.45) is 17.8 Å². The molecular weight excluding hydrogens is 146 g/mol. The van der Waals surface area contributed by atoms with E-state index >= 15 is 0 Å². The minimum Gasteiger partial charge on any atom is -0.313 e. The number of hydrogen-bond acceptors (Lipinski definition) is 1. The molecule has 12 heavy (non-hydrogen) atoms. The normalized spacial score (nSPS) is 46.5. The van der Waals surface area contributed by atoms with Crippen molar-refractivity contribution in [3.8, 4) is 0 Å². The van der Waals surface area contributed by atoms with Crippen LogP contribution in [0.25, 0.3) is 0 Å². The Bertz CT molecular complexity index is 155. The van der Waals surface area contributed by atoms with Crippen molar-refractivity contribution in [2.75, 3.05) is 6.54 Å². The molecule has 2 aliphatic carbocycles. The highest BCUT2D eigenvalue weighted by Crippen LogP contribution is 2.37. The van der Waals surface area contributed by atoms with Gasteiger partial charge in [-0.05, 0) is 43.6 Å². The first-order valence-electron chi connectivity index (χ1n) is 5.50. The van der Waals surface area contributed by atoms with Crippen molar-refractivity contribution >= 4 is 0 Å². The summed E-state index contributed by atoms with van der Waals surface area (Å²) >= 11 is 0. The van der Waals surface area contributed by atoms with Crippen LogP contribution in [0.2, 0.25) is 0 Å². The molecule has 4 atom stereocenters. The molecule has 2 rings (SSSR count). The Labute approximate surface area is 75.9 Å². The first-order chi connectivity index (χ1) is 5.77. The Morgan fingerprint density at radius 2 is 1.92 bits per heavy atom. The molecule has 0 aromatic carbocycles. The summed E-state index contributed by atoms with van der Waals surface area (Å²) in [6.45, 7) is 6.04. The number of nitrogens with one attached hydrogen (secondary N) is 1. The molecule has 1 N–H and O–H groups in total. The standard InChI is InChI=1S/C11H21N/c1-8-4-3-5-11(8)12-7-10-6-9(10)2/h8-12H,3-7H2,1-2H3. The third-order valence-electron chi connectivity index (χ3n) is 3.78. The second-order valence-electron chi connectivity index (χ2n) is 4.90. The Morgan fingerprint density at radius 1 is 1.17 bits per heavy atom. The van der Waals surface area contributed by atoms with Gasteiger partial charge in [-0.1, -0.05) is 20.3 Å². The molecule has 0 saturated heterocycles. The van der Waals surface area contributed by atoms with Crippen LogP contribution >= 0.6 is 0 Å². The van der Waals surface area contributed by atoms with Crippen molar-refractivity contribution < 1.29 is 0 Å². The zero-order valence-corrected chi connectivity index (χ0v) is 8.34. The number of rotatable bonds is 3. The molecular formula is C11H21N. The van der Waals surface area contributed by atoms with E-state index in [-0.39, 0.29) is 0 Å². The summed E-state index contributed by atoms with van der Waals surface area (Å²) in [4.78, 5) is 0. The van der Waals surface area contributed by atoms with Crippen LogP contribution in [-0.4, -0.2) is 12.6 Å². The molecule has 0 heterocycles. The Hall–Kier alpha value is -0.0400. The fourth-order valence-electron chi connectivity index (χ4n) is 2.43. The van der Waals surface area contributed by atoms with Crippen LogP contribution in [-0.2, 0) is 0 Å². The van der Waals surface area contributed by atoms with Crippen molar-refractivity contribution in [3.05, 3.63) is 0 Å². The minimum absolute atomic E-state index is 0.845. The van der Waals surface area contributed by atoms with Crippen molar-refractivity contribution in [1.29, 1.82) is 0 Å². The van der Waals surface area contributed by atoms with Crippen LogP contribution in [0, 0.1) is 17.8 Å². The summed E-state index contributed by atoms with van der Waals surface area (Å²) in [6, 6.07) is 0.845. The number of hydrogen-bond donors (Lipinski definition) is 1. The molecule has 0 radical (unpaired) electrons. The molecule has 0 aromatic heterocycles. The SMILES string of the molecule is CC1CC1CNC1CCCC1C. The van der Waals surface area contributed by atoms with Gasteiger partial charge >= 0.3 is 0 Å². The van der Waals surface area contributed by atoms with Crippen LogP contribution in [0.3, 0.4) is 0 Å². The monoisotopic (exact) mass is 167 g/mol. The van der Waals surface area contributed by atoms with Crippen molar-refractivity contribution in [2.45, 2.75) is 45.6 Å². The second kappa shape index (κ2) is 3.37. The molecule has 0 bridgehead atoms. The van der Waals surface area contributed by atoms with Gasteiger partial charge in [-0.15, -0.1) is 0 Å². The predicted octanol–water partition coefficient (Wildman–Crippen LogP) is 2.42. The van der Waals surface area contributed by atoms with Gasteiger partial charge in [0.05, 0.1) is 0 Å². The van der Waals surface area contributed by atoms with Crippen LogP contribution in [0.5, 0.6) is 0 Å². The van der Waals surface area contributed by atoms with E-state index in [2.05, 4.69) is 19.2 Å². The molecule has 2 aliphatic rings. The van der Waals surface area contributed by atoms with E-state index in [0.717, 1.165) is 23.8 Å². The molecule has 2 fully saturated rings. The smallest absolute Gasteiger partial charge is 0.00928 e. The molecule has 4 unspecified atom stereocenters.